The number of alkyl halides is 3. The van der Waals surface area contributed by atoms with Crippen LogP contribution >= 0.6 is 0 Å². The normalized spacial score (nSPS) is 26.8. The molecule has 2 atom stereocenters. The fraction of sp³-hybridized carbons (Fsp3) is 0.600. The van der Waals surface area contributed by atoms with E-state index in [-0.39, 0.29) is 22.8 Å². The number of fused-ring (bicyclic) bond motifs is 3. The summed E-state index contributed by atoms with van der Waals surface area (Å²) in [6.45, 7) is 7.60. The molecule has 2 unspecified atom stereocenters. The maximum Gasteiger partial charge on any atom is 0.435 e. The summed E-state index contributed by atoms with van der Waals surface area (Å²) >= 11 is 0. The van der Waals surface area contributed by atoms with Crippen molar-refractivity contribution in [1.29, 1.82) is 0 Å². The molecule has 2 fully saturated rings. The first-order valence-corrected chi connectivity index (χ1v) is 11.6. The number of likely N-dealkylation sites (tertiary alicyclic amines) is 1. The van der Waals surface area contributed by atoms with Crippen molar-refractivity contribution in [2.24, 2.45) is 10.8 Å². The van der Waals surface area contributed by atoms with Crippen LogP contribution in [0.2, 0.25) is 0 Å². The minimum atomic E-state index is -4.46. The lowest BCUT2D eigenvalue weighted by atomic mass is 9.65. The molecule has 2 aliphatic carbocycles. The summed E-state index contributed by atoms with van der Waals surface area (Å²) in [7, 11) is 0. The van der Waals surface area contributed by atoms with Crippen LogP contribution < -0.4 is 0 Å². The van der Waals surface area contributed by atoms with E-state index in [9.17, 15) is 18.0 Å². The summed E-state index contributed by atoms with van der Waals surface area (Å²) in [5.74, 6) is 0.0152. The predicted molar refractivity (Wildman–Crippen MR) is 116 cm³/mol. The first kappa shape index (κ1) is 21.5. The number of carbonyl (C=O) groups excluding carboxylic acids is 1. The van der Waals surface area contributed by atoms with Gasteiger partial charge in [-0.2, -0.15) is 18.3 Å². The Kier molecular flexibility index (Phi) is 4.77. The summed E-state index contributed by atoms with van der Waals surface area (Å²) in [5, 5.41) is 3.95. The van der Waals surface area contributed by atoms with Crippen LogP contribution in [0.5, 0.6) is 0 Å². The van der Waals surface area contributed by atoms with Gasteiger partial charge in [0.2, 0.25) is 0 Å². The van der Waals surface area contributed by atoms with Crippen molar-refractivity contribution >= 4 is 5.91 Å². The lowest BCUT2D eigenvalue weighted by molar-refractivity contribution is -0.142. The average Bonchev–Trinajstić information content (AvgIpc) is 3.21. The van der Waals surface area contributed by atoms with Crippen LogP contribution in [0.3, 0.4) is 0 Å². The number of nitrogens with zero attached hydrogens (tertiary/aromatic N) is 3. The molecule has 1 saturated carbocycles. The zero-order valence-corrected chi connectivity index (χ0v) is 18.9. The Labute approximate surface area is 186 Å². The van der Waals surface area contributed by atoms with Gasteiger partial charge in [-0.05, 0) is 80.0 Å². The molecule has 2 bridgehead atoms. The molecule has 2 heterocycles. The van der Waals surface area contributed by atoms with Crippen molar-refractivity contribution in [3.05, 3.63) is 46.8 Å². The fourth-order valence-corrected chi connectivity index (χ4v) is 6.65. The lowest BCUT2D eigenvalue weighted by Crippen LogP contribution is -2.37. The molecule has 1 saturated heterocycles. The number of hydrogen-bond acceptors (Lipinski definition) is 2. The molecule has 1 amide bonds. The second-order valence-electron chi connectivity index (χ2n) is 11.1. The van der Waals surface area contributed by atoms with Gasteiger partial charge in [0.25, 0.3) is 5.91 Å². The highest BCUT2D eigenvalue weighted by Crippen LogP contribution is 2.52. The van der Waals surface area contributed by atoms with Gasteiger partial charge < -0.3 is 4.90 Å². The van der Waals surface area contributed by atoms with E-state index in [1.54, 1.807) is 24.3 Å². The first-order valence-electron chi connectivity index (χ1n) is 11.6. The summed E-state index contributed by atoms with van der Waals surface area (Å²) in [5.41, 5.74) is 1.74. The summed E-state index contributed by atoms with van der Waals surface area (Å²) in [6.07, 6.45) is 1.31. The monoisotopic (exact) mass is 445 g/mol. The molecule has 1 aromatic heterocycles. The van der Waals surface area contributed by atoms with E-state index >= 15 is 0 Å². The molecule has 0 spiro atoms. The highest BCUT2D eigenvalue weighted by molar-refractivity contribution is 5.95. The Morgan fingerprint density at radius 1 is 1.06 bits per heavy atom. The summed E-state index contributed by atoms with van der Waals surface area (Å²) in [4.78, 5) is 15.3. The Morgan fingerprint density at radius 2 is 1.75 bits per heavy atom. The molecule has 5 rings (SSSR count). The quantitative estimate of drug-likeness (QED) is 0.585. The Balaban J connectivity index is 1.42. The van der Waals surface area contributed by atoms with Gasteiger partial charge in [-0.15, -0.1) is 0 Å². The third-order valence-electron chi connectivity index (χ3n) is 7.48. The van der Waals surface area contributed by atoms with Gasteiger partial charge in [0, 0.05) is 29.4 Å². The van der Waals surface area contributed by atoms with Gasteiger partial charge in [0.15, 0.2) is 5.69 Å². The minimum absolute atomic E-state index is 0.0152. The number of hydrogen-bond donors (Lipinski definition) is 0. The Morgan fingerprint density at radius 3 is 2.44 bits per heavy atom. The number of carbonyl (C=O) groups is 1. The van der Waals surface area contributed by atoms with Crippen molar-refractivity contribution in [2.45, 2.75) is 77.9 Å². The number of aromatic nitrogens is 2. The van der Waals surface area contributed by atoms with Crippen LogP contribution in [-0.4, -0.2) is 33.2 Å². The lowest BCUT2D eigenvalue weighted by Gasteiger charge is -2.39. The molecule has 7 heteroatoms. The molecule has 3 aliphatic rings. The number of rotatable bonds is 2. The molecule has 0 radical (unpaired) electrons. The van der Waals surface area contributed by atoms with Gasteiger partial charge in [0.05, 0.1) is 5.69 Å². The molecule has 1 aromatic carbocycles. The molecule has 2 aromatic rings. The molecular formula is C25H30F3N3O. The zero-order valence-electron chi connectivity index (χ0n) is 18.9. The van der Waals surface area contributed by atoms with Crippen molar-refractivity contribution < 1.29 is 18.0 Å². The maximum absolute atomic E-state index is 13.5. The Hall–Kier alpha value is -2.31. The van der Waals surface area contributed by atoms with E-state index in [1.807, 2.05) is 4.90 Å². The third kappa shape index (κ3) is 3.63. The third-order valence-corrected chi connectivity index (χ3v) is 7.48. The zero-order chi connectivity index (χ0) is 22.9. The fourth-order valence-electron chi connectivity index (χ4n) is 6.65. The summed E-state index contributed by atoms with van der Waals surface area (Å²) in [6, 6.07) is 7.17. The van der Waals surface area contributed by atoms with E-state index in [2.05, 4.69) is 25.9 Å². The first-order chi connectivity index (χ1) is 15.0. The smallest absolute Gasteiger partial charge is 0.335 e. The predicted octanol–water partition coefficient (Wildman–Crippen LogP) is 5.81. The van der Waals surface area contributed by atoms with Crippen LogP contribution in [0, 0.1) is 10.8 Å². The molecule has 4 nitrogen and oxygen atoms in total. The van der Waals surface area contributed by atoms with Crippen molar-refractivity contribution in [1.82, 2.24) is 14.7 Å². The largest absolute Gasteiger partial charge is 0.435 e. The van der Waals surface area contributed by atoms with Gasteiger partial charge in [0.1, 0.15) is 0 Å². The molecule has 32 heavy (non-hydrogen) atoms. The van der Waals surface area contributed by atoms with Gasteiger partial charge in [-0.3, -0.25) is 4.79 Å². The van der Waals surface area contributed by atoms with Crippen LogP contribution in [0.15, 0.2) is 24.3 Å². The number of amides is 1. The molecule has 0 N–H and O–H groups in total. The van der Waals surface area contributed by atoms with E-state index in [4.69, 9.17) is 0 Å². The second-order valence-corrected chi connectivity index (χ2v) is 11.1. The number of halogens is 3. The maximum atomic E-state index is 13.5. The topological polar surface area (TPSA) is 38.1 Å². The van der Waals surface area contributed by atoms with Crippen LogP contribution in [0.1, 0.15) is 80.2 Å². The van der Waals surface area contributed by atoms with Crippen molar-refractivity contribution in [2.75, 3.05) is 6.54 Å². The molecule has 172 valence electrons. The SMILES string of the molecule is CC1(C)CC2CC(C)(CN2C(=O)c2ccc(-n3nc(C(F)(F)F)c4c3CCCC4)cc2)C1. The second kappa shape index (κ2) is 7.09. The summed E-state index contributed by atoms with van der Waals surface area (Å²) < 4.78 is 42.0. The minimum Gasteiger partial charge on any atom is -0.335 e. The highest BCUT2D eigenvalue weighted by Gasteiger charge is 2.51. The number of benzene rings is 1. The van der Waals surface area contributed by atoms with Crippen molar-refractivity contribution in [3.63, 3.8) is 0 Å². The van der Waals surface area contributed by atoms with E-state index in [1.165, 1.54) is 4.68 Å². The van der Waals surface area contributed by atoms with Crippen molar-refractivity contribution in [3.8, 4) is 5.69 Å². The van der Waals surface area contributed by atoms with Crippen LogP contribution in [0.4, 0.5) is 13.2 Å². The standard InChI is InChI=1S/C25H30F3N3O/c1-23(2)12-18-13-24(3,14-23)15-30(18)22(32)16-8-10-17(11-9-16)31-20-7-5-4-6-19(20)21(29-31)25(26,27)28/h8-11,18H,4-7,12-15H2,1-3H3. The van der Waals surface area contributed by atoms with Gasteiger partial charge >= 0.3 is 6.18 Å². The molecule has 1 aliphatic heterocycles. The van der Waals surface area contributed by atoms with Gasteiger partial charge in [-0.1, -0.05) is 20.8 Å². The van der Waals surface area contributed by atoms with E-state index in [0.29, 0.717) is 35.3 Å². The van der Waals surface area contributed by atoms with Crippen LogP contribution in [0.25, 0.3) is 5.69 Å². The highest BCUT2D eigenvalue weighted by atomic mass is 19.4. The Bertz CT molecular complexity index is 1050. The average molecular weight is 446 g/mol. The van der Waals surface area contributed by atoms with E-state index in [0.717, 1.165) is 38.6 Å². The van der Waals surface area contributed by atoms with E-state index < -0.39 is 11.9 Å². The molecular weight excluding hydrogens is 415 g/mol. The van der Waals surface area contributed by atoms with Crippen LogP contribution in [-0.2, 0) is 19.0 Å². The van der Waals surface area contributed by atoms with Gasteiger partial charge in [-0.25, -0.2) is 4.68 Å².